The predicted octanol–water partition coefficient (Wildman–Crippen LogP) is 3.11. The number of aliphatic hydroxyl groups is 1. The number of benzene rings is 2. The summed E-state index contributed by atoms with van der Waals surface area (Å²) in [5.41, 5.74) is 2.22. The molecule has 0 unspecified atom stereocenters. The van der Waals surface area contributed by atoms with E-state index in [-0.39, 0.29) is 24.2 Å². The maximum atomic E-state index is 13.7. The Morgan fingerprint density at radius 2 is 1.87 bits per heavy atom. The van der Waals surface area contributed by atoms with Crippen LogP contribution in [0.4, 0.5) is 4.39 Å². The first-order valence-electron chi connectivity index (χ1n) is 9.73. The Labute approximate surface area is 179 Å². The number of carbonyl (C=O) groups is 1. The Kier molecular flexibility index (Phi) is 5.75. The normalized spacial score (nSPS) is 19.5. The zero-order valence-corrected chi connectivity index (χ0v) is 16.4. The SMILES string of the molecule is N#C[C@H]1[C@@H](c2ccc(C#Cc3ccccc3F)cc2)[C@@H](CO)N1C(=O)c1cccnc1. The lowest BCUT2D eigenvalue weighted by Crippen LogP contribution is -2.65. The predicted molar refractivity (Wildman–Crippen MR) is 112 cm³/mol. The van der Waals surface area contributed by atoms with Crippen molar-refractivity contribution in [1.82, 2.24) is 9.88 Å². The van der Waals surface area contributed by atoms with Crippen LogP contribution in [0.3, 0.4) is 0 Å². The number of nitrogens with zero attached hydrogens (tertiary/aromatic N) is 3. The highest BCUT2D eigenvalue weighted by atomic mass is 19.1. The average Bonchev–Trinajstić information content (AvgIpc) is 2.80. The fraction of sp³-hybridized carbons (Fsp3) is 0.160. The van der Waals surface area contributed by atoms with Crippen molar-refractivity contribution in [2.24, 2.45) is 0 Å². The quantitative estimate of drug-likeness (QED) is 0.672. The van der Waals surface area contributed by atoms with Crippen molar-refractivity contribution < 1.29 is 14.3 Å². The summed E-state index contributed by atoms with van der Waals surface area (Å²) in [7, 11) is 0. The van der Waals surface area contributed by atoms with Gasteiger partial charge in [-0.15, -0.1) is 0 Å². The molecule has 0 spiro atoms. The summed E-state index contributed by atoms with van der Waals surface area (Å²) in [5, 5.41) is 19.6. The number of pyridine rings is 1. The molecule has 1 aliphatic rings. The van der Waals surface area contributed by atoms with Crippen molar-refractivity contribution in [2.45, 2.75) is 18.0 Å². The Hall–Kier alpha value is -4.00. The van der Waals surface area contributed by atoms with Gasteiger partial charge in [0, 0.05) is 23.9 Å². The molecule has 6 heteroatoms. The number of amides is 1. The maximum Gasteiger partial charge on any atom is 0.256 e. The molecule has 1 aromatic heterocycles. The summed E-state index contributed by atoms with van der Waals surface area (Å²) in [6.07, 6.45) is 3.01. The molecule has 0 saturated carbocycles. The number of nitriles is 1. The summed E-state index contributed by atoms with van der Waals surface area (Å²) in [4.78, 5) is 18.2. The van der Waals surface area contributed by atoms with Gasteiger partial charge in [-0.05, 0) is 42.0 Å². The second kappa shape index (κ2) is 8.79. The van der Waals surface area contributed by atoms with Gasteiger partial charge in [0.25, 0.3) is 5.91 Å². The molecule has 31 heavy (non-hydrogen) atoms. The highest BCUT2D eigenvalue weighted by molar-refractivity contribution is 5.95. The summed E-state index contributed by atoms with van der Waals surface area (Å²) >= 11 is 0. The van der Waals surface area contributed by atoms with E-state index in [0.717, 1.165) is 5.56 Å². The Bertz CT molecular complexity index is 1190. The first-order chi connectivity index (χ1) is 15.1. The lowest BCUT2D eigenvalue weighted by molar-refractivity contribution is -0.00588. The van der Waals surface area contributed by atoms with Crippen LogP contribution in [0.5, 0.6) is 0 Å². The number of likely N-dealkylation sites (tertiary alicyclic amines) is 1. The monoisotopic (exact) mass is 411 g/mol. The van der Waals surface area contributed by atoms with E-state index < -0.39 is 12.1 Å². The minimum atomic E-state index is -0.694. The van der Waals surface area contributed by atoms with Gasteiger partial charge in [-0.1, -0.05) is 36.1 Å². The zero-order valence-electron chi connectivity index (χ0n) is 16.4. The van der Waals surface area contributed by atoms with E-state index in [9.17, 15) is 19.6 Å². The van der Waals surface area contributed by atoms with Gasteiger partial charge in [-0.25, -0.2) is 4.39 Å². The highest BCUT2D eigenvalue weighted by Crippen LogP contribution is 2.41. The molecule has 152 valence electrons. The van der Waals surface area contributed by atoms with E-state index in [0.29, 0.717) is 16.7 Å². The molecule has 0 aliphatic carbocycles. The lowest BCUT2D eigenvalue weighted by atomic mass is 9.75. The first kappa shape index (κ1) is 20.3. The molecular weight excluding hydrogens is 393 g/mol. The van der Waals surface area contributed by atoms with Crippen LogP contribution in [0.1, 0.15) is 33.0 Å². The molecule has 1 N–H and O–H groups in total. The number of carbonyl (C=O) groups excluding carboxylic acids is 1. The summed E-state index contributed by atoms with van der Waals surface area (Å²) in [5.74, 6) is 4.72. The third-order valence-corrected chi connectivity index (χ3v) is 5.38. The smallest absolute Gasteiger partial charge is 0.256 e. The fourth-order valence-corrected chi connectivity index (χ4v) is 3.82. The van der Waals surface area contributed by atoms with E-state index >= 15 is 0 Å². The number of halogens is 1. The topological polar surface area (TPSA) is 77.2 Å². The molecule has 0 radical (unpaired) electrons. The number of hydrogen-bond acceptors (Lipinski definition) is 4. The van der Waals surface area contributed by atoms with Crippen LogP contribution in [0.15, 0.2) is 73.1 Å². The van der Waals surface area contributed by atoms with Crippen LogP contribution >= 0.6 is 0 Å². The number of hydrogen-bond donors (Lipinski definition) is 1. The van der Waals surface area contributed by atoms with Gasteiger partial charge >= 0.3 is 0 Å². The fourth-order valence-electron chi connectivity index (χ4n) is 3.82. The Balaban J connectivity index is 1.55. The largest absolute Gasteiger partial charge is 0.394 e. The molecule has 2 aromatic carbocycles. The van der Waals surface area contributed by atoms with Gasteiger partial charge in [0.1, 0.15) is 11.9 Å². The molecule has 1 saturated heterocycles. The molecule has 2 heterocycles. The second-order valence-corrected chi connectivity index (χ2v) is 7.16. The summed E-state index contributed by atoms with van der Waals surface area (Å²) < 4.78 is 13.7. The van der Waals surface area contributed by atoms with Gasteiger partial charge in [0.15, 0.2) is 0 Å². The molecule has 1 aliphatic heterocycles. The summed E-state index contributed by atoms with van der Waals surface area (Å²) in [6, 6.07) is 17.8. The lowest BCUT2D eigenvalue weighted by Gasteiger charge is -2.51. The average molecular weight is 411 g/mol. The Morgan fingerprint density at radius 1 is 1.10 bits per heavy atom. The van der Waals surface area contributed by atoms with Crippen LogP contribution in [-0.2, 0) is 0 Å². The zero-order chi connectivity index (χ0) is 21.8. The van der Waals surface area contributed by atoms with Crippen molar-refractivity contribution in [3.05, 3.63) is 101 Å². The minimum absolute atomic E-state index is 0.260. The van der Waals surface area contributed by atoms with Gasteiger partial charge in [-0.2, -0.15) is 5.26 Å². The standard InChI is InChI=1S/C25H18FN3O2/c26-21-6-2-1-4-18(21)10-7-17-8-11-19(12-9-17)24-22(14-27)29(23(24)16-30)25(31)20-5-3-13-28-15-20/h1-6,8-9,11-13,15,22-24,30H,16H2/t22-,23+,24+/m0/s1. The molecule has 1 fully saturated rings. The van der Waals surface area contributed by atoms with Crippen LogP contribution < -0.4 is 0 Å². The Morgan fingerprint density at radius 3 is 2.52 bits per heavy atom. The van der Waals surface area contributed by atoms with Gasteiger partial charge < -0.3 is 10.0 Å². The van der Waals surface area contributed by atoms with E-state index in [1.54, 1.807) is 48.7 Å². The van der Waals surface area contributed by atoms with Crippen molar-refractivity contribution >= 4 is 5.91 Å². The van der Waals surface area contributed by atoms with Crippen LogP contribution in [0.25, 0.3) is 0 Å². The number of rotatable bonds is 3. The first-order valence-corrected chi connectivity index (χ1v) is 9.73. The van der Waals surface area contributed by atoms with Gasteiger partial charge in [0.05, 0.1) is 29.8 Å². The molecule has 3 atom stereocenters. The van der Waals surface area contributed by atoms with Crippen molar-refractivity contribution in [3.63, 3.8) is 0 Å². The van der Waals surface area contributed by atoms with Crippen LogP contribution in [-0.4, -0.2) is 39.6 Å². The third kappa shape index (κ3) is 3.90. The van der Waals surface area contributed by atoms with Gasteiger partial charge in [-0.3, -0.25) is 9.78 Å². The molecule has 1 amide bonds. The van der Waals surface area contributed by atoms with Gasteiger partial charge in [0.2, 0.25) is 0 Å². The van der Waals surface area contributed by atoms with E-state index in [2.05, 4.69) is 22.9 Å². The van der Waals surface area contributed by atoms with Crippen molar-refractivity contribution in [3.8, 4) is 17.9 Å². The third-order valence-electron chi connectivity index (χ3n) is 5.38. The minimum Gasteiger partial charge on any atom is -0.394 e. The van der Waals surface area contributed by atoms with E-state index in [4.69, 9.17) is 0 Å². The van der Waals surface area contributed by atoms with Crippen molar-refractivity contribution in [2.75, 3.05) is 6.61 Å². The molecular formula is C25H18FN3O2. The highest BCUT2D eigenvalue weighted by Gasteiger charge is 2.51. The van der Waals surface area contributed by atoms with Crippen LogP contribution in [0, 0.1) is 29.0 Å². The molecule has 4 rings (SSSR count). The maximum absolute atomic E-state index is 13.7. The molecule has 5 nitrogen and oxygen atoms in total. The number of aliphatic hydroxyl groups excluding tert-OH is 1. The van der Waals surface area contributed by atoms with E-state index in [1.807, 2.05) is 12.1 Å². The number of aromatic nitrogens is 1. The van der Waals surface area contributed by atoms with Crippen LogP contribution in [0.2, 0.25) is 0 Å². The molecule has 0 bridgehead atoms. The summed E-state index contributed by atoms with van der Waals surface area (Å²) in [6.45, 7) is -0.260. The van der Waals surface area contributed by atoms with Crippen molar-refractivity contribution in [1.29, 1.82) is 5.26 Å². The second-order valence-electron chi connectivity index (χ2n) is 7.16. The van der Waals surface area contributed by atoms with E-state index in [1.165, 1.54) is 17.2 Å². The molecule has 3 aromatic rings.